The van der Waals surface area contributed by atoms with E-state index in [2.05, 4.69) is 24.3 Å². The van der Waals surface area contributed by atoms with E-state index >= 15 is 0 Å². The molecule has 21 heavy (non-hydrogen) atoms. The highest BCUT2D eigenvalue weighted by molar-refractivity contribution is 5.96. The Bertz CT molecular complexity index is 413. The average Bonchev–Trinajstić information content (AvgIpc) is 2.49. The summed E-state index contributed by atoms with van der Waals surface area (Å²) in [6, 6.07) is 0. The molecule has 1 aliphatic carbocycles. The molecule has 1 N–H and O–H groups in total. The zero-order valence-electron chi connectivity index (χ0n) is 14.0. The molecule has 0 aliphatic heterocycles. The van der Waals surface area contributed by atoms with Crippen LogP contribution in [0, 0.1) is 0 Å². The molecule has 3 nitrogen and oxygen atoms in total. The van der Waals surface area contributed by atoms with E-state index in [1.165, 1.54) is 19.3 Å². The third-order valence-electron chi connectivity index (χ3n) is 4.39. The lowest BCUT2D eigenvalue weighted by molar-refractivity contribution is -0.117. The van der Waals surface area contributed by atoms with Gasteiger partial charge in [0.2, 0.25) is 0 Å². The predicted octanol–water partition coefficient (Wildman–Crippen LogP) is 3.45. The quantitative estimate of drug-likeness (QED) is 0.600. The summed E-state index contributed by atoms with van der Waals surface area (Å²) in [4.78, 5) is 14.7. The van der Waals surface area contributed by atoms with Crippen LogP contribution in [0.25, 0.3) is 0 Å². The van der Waals surface area contributed by atoms with E-state index < -0.39 is 0 Å². The molecular weight excluding hydrogens is 260 g/mol. The summed E-state index contributed by atoms with van der Waals surface area (Å²) in [5.74, 6) is 0.0120. The van der Waals surface area contributed by atoms with Crippen molar-refractivity contribution in [3.05, 3.63) is 36.0 Å². The highest BCUT2D eigenvalue weighted by Gasteiger charge is 2.34. The maximum Gasteiger partial charge on any atom is 0.251 e. The fourth-order valence-corrected chi connectivity index (χ4v) is 2.93. The molecule has 1 fully saturated rings. The van der Waals surface area contributed by atoms with Crippen LogP contribution in [-0.2, 0) is 4.79 Å². The fraction of sp³-hybridized carbons (Fsp3) is 0.611. The summed E-state index contributed by atoms with van der Waals surface area (Å²) in [5, 5.41) is 3.13. The van der Waals surface area contributed by atoms with Gasteiger partial charge >= 0.3 is 0 Å². The van der Waals surface area contributed by atoms with E-state index in [9.17, 15) is 4.79 Å². The molecule has 3 heteroatoms. The first-order valence-electron chi connectivity index (χ1n) is 7.97. The normalized spacial score (nSPS) is 19.6. The SMILES string of the molecule is C\C=C/C=C(\C=C/C)C(=O)NCC1(N(C)C)CCCCC1. The van der Waals surface area contributed by atoms with Crippen molar-refractivity contribution in [1.82, 2.24) is 10.2 Å². The lowest BCUT2D eigenvalue weighted by Gasteiger charge is -2.43. The molecule has 1 rings (SSSR count). The topological polar surface area (TPSA) is 32.3 Å². The lowest BCUT2D eigenvalue weighted by atomic mass is 9.80. The minimum atomic E-state index is 0.0120. The fourth-order valence-electron chi connectivity index (χ4n) is 2.93. The number of allylic oxidation sites excluding steroid dienone is 4. The zero-order chi connectivity index (χ0) is 15.7. The second kappa shape index (κ2) is 8.83. The minimum absolute atomic E-state index is 0.0120. The highest BCUT2D eigenvalue weighted by Crippen LogP contribution is 2.31. The van der Waals surface area contributed by atoms with Crippen LogP contribution in [0.1, 0.15) is 46.0 Å². The number of amides is 1. The van der Waals surface area contributed by atoms with E-state index in [0.29, 0.717) is 5.57 Å². The van der Waals surface area contributed by atoms with Gasteiger partial charge in [0.15, 0.2) is 0 Å². The van der Waals surface area contributed by atoms with Crippen molar-refractivity contribution in [1.29, 1.82) is 0 Å². The molecule has 118 valence electrons. The molecule has 0 aromatic carbocycles. The molecule has 1 saturated carbocycles. The number of nitrogens with one attached hydrogen (secondary N) is 1. The summed E-state index contributed by atoms with van der Waals surface area (Å²) < 4.78 is 0. The Morgan fingerprint density at radius 1 is 1.14 bits per heavy atom. The van der Waals surface area contributed by atoms with Crippen LogP contribution in [-0.4, -0.2) is 37.0 Å². The average molecular weight is 290 g/mol. The van der Waals surface area contributed by atoms with Crippen molar-refractivity contribution < 1.29 is 4.79 Å². The molecule has 0 heterocycles. The Morgan fingerprint density at radius 2 is 1.81 bits per heavy atom. The second-order valence-electron chi connectivity index (χ2n) is 6.01. The zero-order valence-corrected chi connectivity index (χ0v) is 14.0. The molecule has 0 radical (unpaired) electrons. The molecule has 0 atom stereocenters. The van der Waals surface area contributed by atoms with Crippen molar-refractivity contribution in [2.45, 2.75) is 51.5 Å². The van der Waals surface area contributed by atoms with Crippen LogP contribution in [0.5, 0.6) is 0 Å². The van der Waals surface area contributed by atoms with Crippen LogP contribution in [0.3, 0.4) is 0 Å². The van der Waals surface area contributed by atoms with Crippen LogP contribution in [0.4, 0.5) is 0 Å². The maximum atomic E-state index is 12.4. The first-order valence-corrected chi connectivity index (χ1v) is 7.97. The third kappa shape index (κ3) is 5.16. The summed E-state index contributed by atoms with van der Waals surface area (Å²) in [6.45, 7) is 4.60. The number of hydrogen-bond donors (Lipinski definition) is 1. The van der Waals surface area contributed by atoms with E-state index in [-0.39, 0.29) is 11.4 Å². The molecule has 1 aliphatic rings. The van der Waals surface area contributed by atoms with E-state index in [1.54, 1.807) is 0 Å². The van der Waals surface area contributed by atoms with Gasteiger partial charge in [-0.05, 0) is 46.9 Å². The summed E-state index contributed by atoms with van der Waals surface area (Å²) in [6.07, 6.45) is 15.6. The Balaban J connectivity index is 2.72. The highest BCUT2D eigenvalue weighted by atomic mass is 16.1. The second-order valence-corrected chi connectivity index (χ2v) is 6.01. The van der Waals surface area contributed by atoms with Gasteiger partial charge in [-0.15, -0.1) is 0 Å². The molecule has 0 aromatic rings. The Labute approximate surface area is 129 Å². The van der Waals surface area contributed by atoms with E-state index in [4.69, 9.17) is 0 Å². The van der Waals surface area contributed by atoms with E-state index in [0.717, 1.165) is 19.4 Å². The van der Waals surface area contributed by atoms with Crippen molar-refractivity contribution in [3.8, 4) is 0 Å². The number of hydrogen-bond acceptors (Lipinski definition) is 2. The molecule has 0 saturated heterocycles. The monoisotopic (exact) mass is 290 g/mol. The number of carbonyl (C=O) groups excluding carboxylic acids is 1. The van der Waals surface area contributed by atoms with Gasteiger partial charge in [0.05, 0.1) is 0 Å². The molecular formula is C18H30N2O. The molecule has 1 amide bonds. The summed E-state index contributed by atoms with van der Waals surface area (Å²) in [7, 11) is 4.25. The first kappa shape index (κ1) is 17.7. The van der Waals surface area contributed by atoms with Crippen LogP contribution >= 0.6 is 0 Å². The minimum Gasteiger partial charge on any atom is -0.350 e. The van der Waals surface area contributed by atoms with Gasteiger partial charge in [-0.3, -0.25) is 4.79 Å². The van der Waals surface area contributed by atoms with Gasteiger partial charge in [-0.25, -0.2) is 0 Å². The van der Waals surface area contributed by atoms with Crippen molar-refractivity contribution in [3.63, 3.8) is 0 Å². The number of rotatable bonds is 6. The number of carbonyl (C=O) groups is 1. The summed E-state index contributed by atoms with van der Waals surface area (Å²) in [5.41, 5.74) is 0.829. The van der Waals surface area contributed by atoms with Crippen LogP contribution in [0.2, 0.25) is 0 Å². The number of nitrogens with zero attached hydrogens (tertiary/aromatic N) is 1. The smallest absolute Gasteiger partial charge is 0.251 e. The van der Waals surface area contributed by atoms with Crippen molar-refractivity contribution in [2.75, 3.05) is 20.6 Å². The first-order chi connectivity index (χ1) is 10.1. The lowest BCUT2D eigenvalue weighted by Crippen LogP contribution is -2.53. The van der Waals surface area contributed by atoms with Crippen LogP contribution < -0.4 is 5.32 Å². The molecule has 0 unspecified atom stereocenters. The Kier molecular flexibility index (Phi) is 7.44. The van der Waals surface area contributed by atoms with Crippen molar-refractivity contribution >= 4 is 5.91 Å². The Hall–Kier alpha value is -1.35. The molecule has 0 bridgehead atoms. The van der Waals surface area contributed by atoms with Gasteiger partial charge < -0.3 is 10.2 Å². The van der Waals surface area contributed by atoms with Gasteiger partial charge in [0.1, 0.15) is 0 Å². The van der Waals surface area contributed by atoms with Crippen molar-refractivity contribution in [2.24, 2.45) is 0 Å². The molecule has 0 aromatic heterocycles. The largest absolute Gasteiger partial charge is 0.350 e. The van der Waals surface area contributed by atoms with Gasteiger partial charge in [0.25, 0.3) is 5.91 Å². The molecule has 0 spiro atoms. The van der Waals surface area contributed by atoms with Gasteiger partial charge in [-0.1, -0.05) is 43.6 Å². The Morgan fingerprint density at radius 3 is 2.33 bits per heavy atom. The van der Waals surface area contributed by atoms with Crippen LogP contribution in [0.15, 0.2) is 36.0 Å². The standard InChI is InChI=1S/C18H30N2O/c1-5-7-12-16(11-6-2)17(21)19-15-18(20(3)4)13-9-8-10-14-18/h5-7,11-12H,8-10,13-15H2,1-4H3,(H,19,21)/b7-5-,11-6-,16-12+. The van der Waals surface area contributed by atoms with E-state index in [1.807, 2.05) is 44.2 Å². The number of likely N-dealkylation sites (N-methyl/N-ethyl adjacent to an activating group) is 1. The maximum absolute atomic E-state index is 12.4. The van der Waals surface area contributed by atoms with Gasteiger partial charge in [-0.2, -0.15) is 0 Å². The third-order valence-corrected chi connectivity index (χ3v) is 4.39. The summed E-state index contributed by atoms with van der Waals surface area (Å²) >= 11 is 0. The van der Waals surface area contributed by atoms with Gasteiger partial charge in [0, 0.05) is 17.7 Å². The predicted molar refractivity (Wildman–Crippen MR) is 90.2 cm³/mol.